The van der Waals surface area contributed by atoms with Gasteiger partial charge in [0.25, 0.3) is 0 Å². The number of aryl methyl sites for hydroxylation is 1. The fourth-order valence-corrected chi connectivity index (χ4v) is 2.35. The smallest absolute Gasteiger partial charge is 0.0948 e. The van der Waals surface area contributed by atoms with Crippen LogP contribution < -0.4 is 0 Å². The number of aliphatic hydroxyl groups excluding tert-OH is 1. The molecule has 2 heterocycles. The molecule has 4 heteroatoms. The average Bonchev–Trinajstić information content (AvgIpc) is 2.76. The molecule has 90 valence electrons. The van der Waals surface area contributed by atoms with Crippen LogP contribution in [-0.4, -0.2) is 39.7 Å². The van der Waals surface area contributed by atoms with Gasteiger partial charge in [0.05, 0.1) is 24.8 Å². The molecular formula is C12H21N3O. The number of piperidine rings is 1. The van der Waals surface area contributed by atoms with E-state index in [1.165, 1.54) is 32.4 Å². The summed E-state index contributed by atoms with van der Waals surface area (Å²) in [5.41, 5.74) is 0.924. The predicted octanol–water partition coefficient (Wildman–Crippen LogP) is 1.11. The van der Waals surface area contributed by atoms with Crippen LogP contribution in [0.4, 0.5) is 0 Å². The van der Waals surface area contributed by atoms with E-state index in [0.29, 0.717) is 0 Å². The molecule has 0 aromatic carbocycles. The van der Waals surface area contributed by atoms with E-state index in [1.807, 2.05) is 6.33 Å². The third-order valence-electron chi connectivity index (χ3n) is 3.58. The van der Waals surface area contributed by atoms with Gasteiger partial charge in [0.2, 0.25) is 0 Å². The lowest BCUT2D eigenvalue weighted by Gasteiger charge is -2.29. The van der Waals surface area contributed by atoms with Crippen molar-refractivity contribution in [3.63, 3.8) is 0 Å². The third-order valence-corrected chi connectivity index (χ3v) is 3.58. The summed E-state index contributed by atoms with van der Waals surface area (Å²) in [7, 11) is 2.19. The van der Waals surface area contributed by atoms with Gasteiger partial charge >= 0.3 is 0 Å². The van der Waals surface area contributed by atoms with E-state index in [9.17, 15) is 0 Å². The number of likely N-dealkylation sites (tertiary alicyclic amines) is 1. The van der Waals surface area contributed by atoms with Crippen LogP contribution in [0.1, 0.15) is 25.0 Å². The Labute approximate surface area is 96.9 Å². The molecule has 1 N–H and O–H groups in total. The Morgan fingerprint density at radius 3 is 2.88 bits per heavy atom. The number of aromatic nitrogens is 2. The first-order valence-corrected chi connectivity index (χ1v) is 6.08. The molecule has 1 aromatic heterocycles. The highest BCUT2D eigenvalue weighted by molar-refractivity contribution is 4.95. The summed E-state index contributed by atoms with van der Waals surface area (Å²) in [4.78, 5) is 6.46. The third kappa shape index (κ3) is 2.83. The molecule has 1 fully saturated rings. The number of hydrogen-bond acceptors (Lipinski definition) is 3. The van der Waals surface area contributed by atoms with E-state index < -0.39 is 0 Å². The van der Waals surface area contributed by atoms with Crippen LogP contribution in [0.25, 0.3) is 0 Å². The van der Waals surface area contributed by atoms with Crippen LogP contribution in [0.15, 0.2) is 12.5 Å². The molecule has 16 heavy (non-hydrogen) atoms. The molecule has 0 amide bonds. The molecule has 0 unspecified atom stereocenters. The van der Waals surface area contributed by atoms with Gasteiger partial charge in [-0.2, -0.15) is 0 Å². The molecule has 0 spiro atoms. The van der Waals surface area contributed by atoms with E-state index in [4.69, 9.17) is 5.11 Å². The topological polar surface area (TPSA) is 41.3 Å². The predicted molar refractivity (Wildman–Crippen MR) is 63.0 cm³/mol. The molecule has 0 bridgehead atoms. The highest BCUT2D eigenvalue weighted by Gasteiger charge is 2.16. The standard InChI is InChI=1S/C12H21N3O/c1-14-5-2-11(3-6-14)4-7-15-10-13-8-12(15)9-16/h8,10-11,16H,2-7,9H2,1H3. The van der Waals surface area contributed by atoms with Crippen LogP contribution in [0, 0.1) is 5.92 Å². The molecule has 1 saturated heterocycles. The lowest BCUT2D eigenvalue weighted by molar-refractivity contribution is 0.206. The molecule has 0 aliphatic carbocycles. The summed E-state index contributed by atoms with van der Waals surface area (Å²) >= 11 is 0. The second kappa shape index (κ2) is 5.46. The SMILES string of the molecule is CN1CCC(CCn2cncc2CO)CC1. The second-order valence-electron chi connectivity index (χ2n) is 4.77. The summed E-state index contributed by atoms with van der Waals surface area (Å²) in [6.07, 6.45) is 7.38. The molecule has 2 rings (SSSR count). The van der Waals surface area contributed by atoms with Crippen LogP contribution >= 0.6 is 0 Å². The lowest BCUT2D eigenvalue weighted by Crippen LogP contribution is -2.30. The molecule has 4 nitrogen and oxygen atoms in total. The first-order valence-electron chi connectivity index (χ1n) is 6.08. The maximum atomic E-state index is 9.11. The zero-order valence-corrected chi connectivity index (χ0v) is 9.97. The fourth-order valence-electron chi connectivity index (χ4n) is 2.35. The first kappa shape index (κ1) is 11.6. The van der Waals surface area contributed by atoms with Crippen LogP contribution in [0.3, 0.4) is 0 Å². The summed E-state index contributed by atoms with van der Waals surface area (Å²) in [5, 5.41) is 9.11. The average molecular weight is 223 g/mol. The number of hydrogen-bond donors (Lipinski definition) is 1. The summed E-state index contributed by atoms with van der Waals surface area (Å²) < 4.78 is 2.07. The highest BCUT2D eigenvalue weighted by atomic mass is 16.3. The van der Waals surface area contributed by atoms with Crippen molar-refractivity contribution in [1.29, 1.82) is 0 Å². The van der Waals surface area contributed by atoms with Gasteiger partial charge in [-0.1, -0.05) is 0 Å². The minimum absolute atomic E-state index is 0.0907. The van der Waals surface area contributed by atoms with Gasteiger partial charge in [0.1, 0.15) is 0 Å². The Morgan fingerprint density at radius 1 is 1.44 bits per heavy atom. The van der Waals surface area contributed by atoms with E-state index in [2.05, 4.69) is 21.5 Å². The van der Waals surface area contributed by atoms with Gasteiger partial charge in [-0.3, -0.25) is 0 Å². The lowest BCUT2D eigenvalue weighted by atomic mass is 9.94. The van der Waals surface area contributed by atoms with Gasteiger partial charge in [-0.25, -0.2) is 4.98 Å². The molecule has 1 aliphatic heterocycles. The summed E-state index contributed by atoms with van der Waals surface area (Å²) in [6, 6.07) is 0. The maximum Gasteiger partial charge on any atom is 0.0948 e. The molecule has 0 atom stereocenters. The van der Waals surface area contributed by atoms with Gasteiger partial charge in [-0.05, 0) is 45.3 Å². The zero-order valence-electron chi connectivity index (χ0n) is 9.97. The van der Waals surface area contributed by atoms with E-state index in [-0.39, 0.29) is 6.61 Å². The zero-order chi connectivity index (χ0) is 11.4. The first-order chi connectivity index (χ1) is 7.79. The minimum Gasteiger partial charge on any atom is -0.390 e. The summed E-state index contributed by atoms with van der Waals surface area (Å²) in [6.45, 7) is 3.53. The van der Waals surface area contributed by atoms with Crippen LogP contribution in [0.2, 0.25) is 0 Å². The van der Waals surface area contributed by atoms with Crippen molar-refractivity contribution < 1.29 is 5.11 Å². The van der Waals surface area contributed by atoms with Crippen molar-refractivity contribution in [2.45, 2.75) is 32.4 Å². The second-order valence-corrected chi connectivity index (χ2v) is 4.77. The van der Waals surface area contributed by atoms with Gasteiger partial charge in [0.15, 0.2) is 0 Å². The molecule has 0 saturated carbocycles. The van der Waals surface area contributed by atoms with Crippen molar-refractivity contribution in [3.05, 3.63) is 18.2 Å². The fraction of sp³-hybridized carbons (Fsp3) is 0.750. The number of nitrogens with zero attached hydrogens (tertiary/aromatic N) is 3. The monoisotopic (exact) mass is 223 g/mol. The van der Waals surface area contributed by atoms with Crippen molar-refractivity contribution in [1.82, 2.24) is 14.5 Å². The molecule has 1 aliphatic rings. The largest absolute Gasteiger partial charge is 0.390 e. The molecule has 0 radical (unpaired) electrons. The van der Waals surface area contributed by atoms with Gasteiger partial charge in [-0.15, -0.1) is 0 Å². The van der Waals surface area contributed by atoms with E-state index in [0.717, 1.165) is 18.2 Å². The Morgan fingerprint density at radius 2 is 2.19 bits per heavy atom. The quantitative estimate of drug-likeness (QED) is 0.831. The Hall–Kier alpha value is -0.870. The van der Waals surface area contributed by atoms with Crippen molar-refractivity contribution in [2.75, 3.05) is 20.1 Å². The minimum atomic E-state index is 0.0907. The molecule has 1 aromatic rings. The Balaban J connectivity index is 1.79. The van der Waals surface area contributed by atoms with Gasteiger partial charge < -0.3 is 14.6 Å². The van der Waals surface area contributed by atoms with Gasteiger partial charge in [0, 0.05) is 6.54 Å². The van der Waals surface area contributed by atoms with Crippen LogP contribution in [-0.2, 0) is 13.2 Å². The Kier molecular flexibility index (Phi) is 3.96. The Bertz CT molecular complexity index is 316. The number of aliphatic hydroxyl groups is 1. The van der Waals surface area contributed by atoms with Crippen molar-refractivity contribution in [3.8, 4) is 0 Å². The molecular weight excluding hydrogens is 202 g/mol. The maximum absolute atomic E-state index is 9.11. The van der Waals surface area contributed by atoms with Crippen molar-refractivity contribution in [2.24, 2.45) is 5.92 Å². The van der Waals surface area contributed by atoms with Crippen LogP contribution in [0.5, 0.6) is 0 Å². The normalized spacial score (nSPS) is 19.1. The van der Waals surface area contributed by atoms with E-state index >= 15 is 0 Å². The number of imidazole rings is 1. The number of rotatable bonds is 4. The highest BCUT2D eigenvalue weighted by Crippen LogP contribution is 2.20. The summed E-state index contributed by atoms with van der Waals surface area (Å²) in [5.74, 6) is 0.838. The van der Waals surface area contributed by atoms with E-state index in [1.54, 1.807) is 6.20 Å². The van der Waals surface area contributed by atoms with Crippen molar-refractivity contribution >= 4 is 0 Å².